The van der Waals surface area contributed by atoms with Crippen molar-refractivity contribution in [3.63, 3.8) is 0 Å². The van der Waals surface area contributed by atoms with Crippen LogP contribution in [0.3, 0.4) is 0 Å². The van der Waals surface area contributed by atoms with Crippen molar-refractivity contribution in [1.82, 2.24) is 10.2 Å². The molecule has 2 aromatic rings. The molecule has 1 aliphatic heterocycles. The van der Waals surface area contributed by atoms with Crippen LogP contribution >= 0.6 is 0 Å². The van der Waals surface area contributed by atoms with Crippen molar-refractivity contribution in [2.45, 2.75) is 45.4 Å². The van der Waals surface area contributed by atoms with E-state index in [1.54, 1.807) is 25.1 Å². The van der Waals surface area contributed by atoms with E-state index in [0.717, 1.165) is 10.5 Å². The van der Waals surface area contributed by atoms with Crippen LogP contribution in [0, 0.1) is 0 Å². The molecular weight excluding hydrogens is 366 g/mol. The predicted octanol–water partition coefficient (Wildman–Crippen LogP) is 4.38. The first-order valence-electron chi connectivity index (χ1n) is 8.99. The van der Waals surface area contributed by atoms with E-state index in [9.17, 15) is 18.4 Å². The summed E-state index contributed by atoms with van der Waals surface area (Å²) in [5.41, 5.74) is 0.894. The minimum atomic E-state index is -2.99. The summed E-state index contributed by atoms with van der Waals surface area (Å²) in [7, 11) is 0. The van der Waals surface area contributed by atoms with E-state index in [1.807, 2.05) is 24.3 Å². The maximum absolute atomic E-state index is 13.0. The van der Waals surface area contributed by atoms with E-state index in [1.165, 1.54) is 6.07 Å². The molecule has 2 aromatic carbocycles. The average molecular weight is 388 g/mol. The number of hydrogen-bond donors (Lipinski definition) is 1. The summed E-state index contributed by atoms with van der Waals surface area (Å²) < 4.78 is 29.7. The first-order valence-corrected chi connectivity index (χ1v) is 8.99. The second kappa shape index (κ2) is 7.58. The van der Waals surface area contributed by atoms with Gasteiger partial charge in [-0.15, -0.1) is 0 Å². The normalized spacial score (nSPS) is 19.5. The van der Waals surface area contributed by atoms with Gasteiger partial charge < -0.3 is 10.1 Å². The molecule has 0 aliphatic carbocycles. The molecule has 1 N–H and O–H groups in total. The minimum Gasteiger partial charge on any atom is -0.434 e. The van der Waals surface area contributed by atoms with Crippen molar-refractivity contribution in [3.8, 4) is 5.75 Å². The molecule has 0 spiro atoms. The quantitative estimate of drug-likeness (QED) is 0.747. The number of carbonyl (C=O) groups excluding carboxylic acids is 2. The zero-order chi connectivity index (χ0) is 20.5. The van der Waals surface area contributed by atoms with Crippen molar-refractivity contribution >= 4 is 11.9 Å². The summed E-state index contributed by atoms with van der Waals surface area (Å²) >= 11 is 0. The molecule has 1 aliphatic rings. The van der Waals surface area contributed by atoms with E-state index >= 15 is 0 Å². The van der Waals surface area contributed by atoms with Gasteiger partial charge in [0.1, 0.15) is 11.3 Å². The molecule has 1 heterocycles. The molecule has 0 saturated carbocycles. The lowest BCUT2D eigenvalue weighted by atomic mass is 9.90. The standard InChI is InChI=1S/C21H22F2N2O3/c1-13(2)14-8-10-16(11-9-14)21(3)18(26)25(20(27)24-21)12-15-6-4-5-7-17(15)28-19(22)23/h4-11,13,19H,12H2,1-3H3,(H,24,27). The SMILES string of the molecule is CC(C)c1ccc(C2(C)NC(=O)N(Cc3ccccc3OC(F)F)C2=O)cc1. The Hall–Kier alpha value is -2.96. The molecule has 0 radical (unpaired) electrons. The van der Waals surface area contributed by atoms with Crippen molar-refractivity contribution < 1.29 is 23.1 Å². The first-order chi connectivity index (χ1) is 13.2. The third-order valence-corrected chi connectivity index (χ3v) is 4.95. The number of nitrogens with zero attached hydrogens (tertiary/aromatic N) is 1. The largest absolute Gasteiger partial charge is 0.434 e. The fourth-order valence-electron chi connectivity index (χ4n) is 3.25. The summed E-state index contributed by atoms with van der Waals surface area (Å²) in [6, 6.07) is 13.0. The van der Waals surface area contributed by atoms with Crippen LogP contribution in [0.1, 0.15) is 43.4 Å². The summed E-state index contributed by atoms with van der Waals surface area (Å²) in [6.07, 6.45) is 0. The average Bonchev–Trinajstić information content (AvgIpc) is 2.87. The summed E-state index contributed by atoms with van der Waals surface area (Å²) in [5.74, 6) is -0.159. The molecule has 1 fully saturated rings. The number of rotatable bonds is 6. The van der Waals surface area contributed by atoms with Crippen LogP contribution in [0.2, 0.25) is 0 Å². The molecule has 3 amide bonds. The number of halogens is 2. The van der Waals surface area contributed by atoms with E-state index in [4.69, 9.17) is 0 Å². The smallest absolute Gasteiger partial charge is 0.387 e. The highest BCUT2D eigenvalue weighted by Gasteiger charge is 2.49. The Labute approximate surface area is 162 Å². The Morgan fingerprint density at radius 3 is 2.32 bits per heavy atom. The van der Waals surface area contributed by atoms with Crippen LogP contribution in [0.4, 0.5) is 13.6 Å². The molecule has 3 rings (SSSR count). The number of hydrogen-bond acceptors (Lipinski definition) is 3. The molecule has 1 unspecified atom stereocenters. The van der Waals surface area contributed by atoms with Gasteiger partial charge in [0, 0.05) is 5.56 Å². The number of imide groups is 1. The van der Waals surface area contributed by atoms with Gasteiger partial charge in [-0.1, -0.05) is 56.3 Å². The van der Waals surface area contributed by atoms with Gasteiger partial charge >= 0.3 is 12.6 Å². The van der Waals surface area contributed by atoms with Gasteiger partial charge in [-0.05, 0) is 30.0 Å². The van der Waals surface area contributed by atoms with Crippen molar-refractivity contribution in [1.29, 1.82) is 0 Å². The highest BCUT2D eigenvalue weighted by Crippen LogP contribution is 2.32. The number of alkyl halides is 2. The van der Waals surface area contributed by atoms with Crippen LogP contribution in [0.15, 0.2) is 48.5 Å². The number of ether oxygens (including phenoxy) is 1. The van der Waals surface area contributed by atoms with E-state index < -0.39 is 24.1 Å². The van der Waals surface area contributed by atoms with Gasteiger partial charge in [0.2, 0.25) is 0 Å². The molecule has 0 aromatic heterocycles. The van der Waals surface area contributed by atoms with E-state index in [2.05, 4.69) is 23.9 Å². The molecule has 28 heavy (non-hydrogen) atoms. The highest BCUT2D eigenvalue weighted by molar-refractivity contribution is 6.07. The molecule has 1 atom stereocenters. The van der Waals surface area contributed by atoms with Gasteiger partial charge in [0.25, 0.3) is 5.91 Å². The number of para-hydroxylation sites is 1. The third-order valence-electron chi connectivity index (χ3n) is 4.95. The van der Waals surface area contributed by atoms with Crippen LogP contribution < -0.4 is 10.1 Å². The fraction of sp³-hybridized carbons (Fsp3) is 0.333. The van der Waals surface area contributed by atoms with Gasteiger partial charge in [-0.3, -0.25) is 9.69 Å². The Balaban J connectivity index is 1.86. The Morgan fingerprint density at radius 2 is 1.71 bits per heavy atom. The number of urea groups is 1. The molecule has 1 saturated heterocycles. The van der Waals surface area contributed by atoms with Crippen molar-refractivity contribution in [2.24, 2.45) is 0 Å². The maximum atomic E-state index is 13.0. The summed E-state index contributed by atoms with van der Waals surface area (Å²) in [4.78, 5) is 26.6. The monoisotopic (exact) mass is 388 g/mol. The lowest BCUT2D eigenvalue weighted by Gasteiger charge is -2.23. The second-order valence-corrected chi connectivity index (χ2v) is 7.21. The first kappa shape index (κ1) is 19.8. The summed E-state index contributed by atoms with van der Waals surface area (Å²) in [6.45, 7) is 2.63. The zero-order valence-corrected chi connectivity index (χ0v) is 15.9. The van der Waals surface area contributed by atoms with Gasteiger partial charge in [0.05, 0.1) is 6.54 Å². The topological polar surface area (TPSA) is 58.6 Å². The Kier molecular flexibility index (Phi) is 5.36. The van der Waals surface area contributed by atoms with Crippen molar-refractivity contribution in [2.75, 3.05) is 0 Å². The van der Waals surface area contributed by atoms with E-state index in [-0.39, 0.29) is 12.3 Å². The lowest BCUT2D eigenvalue weighted by Crippen LogP contribution is -2.40. The minimum absolute atomic E-state index is 0.0620. The number of benzene rings is 2. The van der Waals surface area contributed by atoms with Crippen LogP contribution in [-0.4, -0.2) is 23.4 Å². The summed E-state index contributed by atoms with van der Waals surface area (Å²) in [5, 5.41) is 2.72. The van der Waals surface area contributed by atoms with Crippen LogP contribution in [0.5, 0.6) is 5.75 Å². The maximum Gasteiger partial charge on any atom is 0.387 e. The number of nitrogens with one attached hydrogen (secondary N) is 1. The van der Waals surface area contributed by atoms with Crippen LogP contribution in [-0.2, 0) is 16.9 Å². The van der Waals surface area contributed by atoms with E-state index in [0.29, 0.717) is 17.0 Å². The molecule has 148 valence electrons. The highest BCUT2D eigenvalue weighted by atomic mass is 19.3. The number of amides is 3. The fourth-order valence-corrected chi connectivity index (χ4v) is 3.25. The molecular formula is C21H22F2N2O3. The third kappa shape index (κ3) is 3.69. The number of carbonyl (C=O) groups is 2. The predicted molar refractivity (Wildman–Crippen MR) is 100 cm³/mol. The van der Waals surface area contributed by atoms with Gasteiger partial charge in [0.15, 0.2) is 0 Å². The second-order valence-electron chi connectivity index (χ2n) is 7.21. The zero-order valence-electron chi connectivity index (χ0n) is 15.9. The Bertz CT molecular complexity index is 883. The van der Waals surface area contributed by atoms with Gasteiger partial charge in [-0.25, -0.2) is 4.79 Å². The van der Waals surface area contributed by atoms with Gasteiger partial charge in [-0.2, -0.15) is 8.78 Å². The Morgan fingerprint density at radius 1 is 1.07 bits per heavy atom. The lowest BCUT2D eigenvalue weighted by molar-refractivity contribution is -0.131. The molecule has 5 nitrogen and oxygen atoms in total. The van der Waals surface area contributed by atoms with Crippen LogP contribution in [0.25, 0.3) is 0 Å². The van der Waals surface area contributed by atoms with Crippen molar-refractivity contribution in [3.05, 3.63) is 65.2 Å². The molecule has 0 bridgehead atoms. The molecule has 7 heteroatoms.